The minimum absolute atomic E-state index is 0.0130. The second kappa shape index (κ2) is 3.72. The highest BCUT2D eigenvalue weighted by Crippen LogP contribution is 2.44. The van der Waals surface area contributed by atoms with Gasteiger partial charge in [-0.15, -0.1) is 0 Å². The Balaban J connectivity index is 2.36. The highest BCUT2D eigenvalue weighted by atomic mass is 16.2. The Morgan fingerprint density at radius 2 is 1.82 bits per heavy atom. The molecule has 17 heavy (non-hydrogen) atoms. The molecule has 0 spiro atoms. The fraction of sp³-hybridized carbons (Fsp3) is 0.846. The number of hydrogen-bond acceptors (Lipinski definition) is 2. The molecule has 4 nitrogen and oxygen atoms in total. The summed E-state index contributed by atoms with van der Waals surface area (Å²) in [6.07, 6.45) is 3.42. The molecule has 96 valence electrons. The van der Waals surface area contributed by atoms with Gasteiger partial charge in [0.25, 0.3) is 0 Å². The SMILES string of the molecule is CCC1(CC)C(=O)NC(C)(C2CC2)C(=O)N1C. The van der Waals surface area contributed by atoms with Crippen molar-refractivity contribution < 1.29 is 9.59 Å². The minimum Gasteiger partial charge on any atom is -0.340 e. The largest absolute Gasteiger partial charge is 0.340 e. The van der Waals surface area contributed by atoms with Crippen molar-refractivity contribution in [2.75, 3.05) is 7.05 Å². The number of amides is 2. The molecule has 4 heteroatoms. The van der Waals surface area contributed by atoms with Gasteiger partial charge in [-0.25, -0.2) is 0 Å². The maximum absolute atomic E-state index is 12.5. The maximum Gasteiger partial charge on any atom is 0.248 e. The predicted octanol–water partition coefficient (Wildman–Crippen LogP) is 1.30. The van der Waals surface area contributed by atoms with Crippen LogP contribution in [0.3, 0.4) is 0 Å². The Morgan fingerprint density at radius 1 is 1.29 bits per heavy atom. The molecule has 0 aromatic heterocycles. The van der Waals surface area contributed by atoms with Crippen LogP contribution in [0.4, 0.5) is 0 Å². The van der Waals surface area contributed by atoms with Crippen LogP contribution in [0.5, 0.6) is 0 Å². The number of carbonyl (C=O) groups is 2. The second-order valence-corrected chi connectivity index (χ2v) is 5.53. The molecule has 1 saturated heterocycles. The third-order valence-corrected chi connectivity index (χ3v) is 4.75. The third-order valence-electron chi connectivity index (χ3n) is 4.75. The summed E-state index contributed by atoms with van der Waals surface area (Å²) in [4.78, 5) is 26.6. The molecule has 0 radical (unpaired) electrons. The zero-order valence-corrected chi connectivity index (χ0v) is 11.2. The number of piperazine rings is 1. The quantitative estimate of drug-likeness (QED) is 0.805. The molecule has 1 N–H and O–H groups in total. The summed E-state index contributed by atoms with van der Waals surface area (Å²) in [5.74, 6) is 0.412. The number of nitrogens with zero attached hydrogens (tertiary/aromatic N) is 1. The zero-order chi connectivity index (χ0) is 12.8. The van der Waals surface area contributed by atoms with Crippen LogP contribution in [-0.2, 0) is 9.59 Å². The van der Waals surface area contributed by atoms with Crippen LogP contribution in [0, 0.1) is 5.92 Å². The van der Waals surface area contributed by atoms with Gasteiger partial charge in [0.1, 0.15) is 11.1 Å². The van der Waals surface area contributed by atoms with E-state index in [-0.39, 0.29) is 11.8 Å². The fourth-order valence-corrected chi connectivity index (χ4v) is 3.08. The zero-order valence-electron chi connectivity index (χ0n) is 11.2. The van der Waals surface area contributed by atoms with Gasteiger partial charge in [-0.05, 0) is 38.5 Å². The number of likely N-dealkylation sites (N-methyl/N-ethyl adjacent to an activating group) is 1. The lowest BCUT2D eigenvalue weighted by atomic mass is 9.81. The predicted molar refractivity (Wildman–Crippen MR) is 65.4 cm³/mol. The van der Waals surface area contributed by atoms with E-state index in [9.17, 15) is 9.59 Å². The standard InChI is InChI=1S/C13H22N2O2/c1-5-13(6-2)10(16)14-12(3,9-7-8-9)11(17)15(13)4/h9H,5-8H2,1-4H3,(H,14,16). The molecular formula is C13H22N2O2. The molecule has 0 aromatic rings. The van der Waals surface area contributed by atoms with E-state index in [0.29, 0.717) is 18.8 Å². The summed E-state index contributed by atoms with van der Waals surface area (Å²) in [7, 11) is 1.77. The highest BCUT2D eigenvalue weighted by Gasteiger charge is 2.58. The molecule has 1 aliphatic heterocycles. The van der Waals surface area contributed by atoms with E-state index in [1.165, 1.54) is 0 Å². The Morgan fingerprint density at radius 3 is 2.24 bits per heavy atom. The number of hydrogen-bond donors (Lipinski definition) is 1. The van der Waals surface area contributed by atoms with Gasteiger partial charge in [-0.1, -0.05) is 13.8 Å². The number of rotatable bonds is 3. The Hall–Kier alpha value is -1.06. The average Bonchev–Trinajstić information content (AvgIpc) is 3.12. The molecule has 1 saturated carbocycles. The van der Waals surface area contributed by atoms with Crippen molar-refractivity contribution in [3.8, 4) is 0 Å². The summed E-state index contributed by atoms with van der Waals surface area (Å²) in [6, 6.07) is 0. The first-order valence-electron chi connectivity index (χ1n) is 6.53. The number of nitrogens with one attached hydrogen (secondary N) is 1. The first kappa shape index (κ1) is 12.4. The molecule has 0 aromatic carbocycles. The lowest BCUT2D eigenvalue weighted by Crippen LogP contribution is -2.74. The van der Waals surface area contributed by atoms with Gasteiger partial charge in [0.05, 0.1) is 0 Å². The van der Waals surface area contributed by atoms with Gasteiger partial charge in [-0.3, -0.25) is 9.59 Å². The molecule has 1 aliphatic carbocycles. The Labute approximate surface area is 103 Å². The van der Waals surface area contributed by atoms with Crippen molar-refractivity contribution >= 4 is 11.8 Å². The molecule has 2 fully saturated rings. The van der Waals surface area contributed by atoms with E-state index < -0.39 is 11.1 Å². The fourth-order valence-electron chi connectivity index (χ4n) is 3.08. The van der Waals surface area contributed by atoms with Crippen LogP contribution in [0.2, 0.25) is 0 Å². The summed E-state index contributed by atoms with van der Waals surface area (Å²) in [6.45, 7) is 5.80. The molecule has 2 aliphatic rings. The topological polar surface area (TPSA) is 49.4 Å². The Kier molecular flexibility index (Phi) is 2.71. The van der Waals surface area contributed by atoms with Gasteiger partial charge in [0.2, 0.25) is 11.8 Å². The average molecular weight is 238 g/mol. The van der Waals surface area contributed by atoms with E-state index in [1.54, 1.807) is 11.9 Å². The monoisotopic (exact) mass is 238 g/mol. The van der Waals surface area contributed by atoms with E-state index in [4.69, 9.17) is 0 Å². The third kappa shape index (κ3) is 1.49. The van der Waals surface area contributed by atoms with Crippen LogP contribution < -0.4 is 5.32 Å². The van der Waals surface area contributed by atoms with Crippen molar-refractivity contribution in [3.63, 3.8) is 0 Å². The summed E-state index contributed by atoms with van der Waals surface area (Å²) >= 11 is 0. The van der Waals surface area contributed by atoms with E-state index >= 15 is 0 Å². The first-order chi connectivity index (χ1) is 7.92. The van der Waals surface area contributed by atoms with Gasteiger partial charge >= 0.3 is 0 Å². The smallest absolute Gasteiger partial charge is 0.248 e. The van der Waals surface area contributed by atoms with Crippen LogP contribution >= 0.6 is 0 Å². The molecule has 1 atom stereocenters. The summed E-state index contributed by atoms with van der Waals surface area (Å²) < 4.78 is 0. The summed E-state index contributed by atoms with van der Waals surface area (Å²) in [5.41, 5.74) is -1.31. The van der Waals surface area contributed by atoms with Crippen LogP contribution in [0.25, 0.3) is 0 Å². The van der Waals surface area contributed by atoms with E-state index in [1.807, 2.05) is 20.8 Å². The van der Waals surface area contributed by atoms with Gasteiger partial charge in [-0.2, -0.15) is 0 Å². The molecule has 2 amide bonds. The van der Waals surface area contributed by atoms with Crippen LogP contribution in [0.1, 0.15) is 46.5 Å². The van der Waals surface area contributed by atoms with E-state index in [2.05, 4.69) is 5.32 Å². The van der Waals surface area contributed by atoms with Crippen LogP contribution in [0.15, 0.2) is 0 Å². The van der Waals surface area contributed by atoms with Crippen molar-refractivity contribution in [2.24, 2.45) is 5.92 Å². The second-order valence-electron chi connectivity index (χ2n) is 5.53. The minimum atomic E-state index is -0.667. The molecule has 1 unspecified atom stereocenters. The van der Waals surface area contributed by atoms with Gasteiger partial charge < -0.3 is 10.2 Å². The molecule has 2 rings (SSSR count). The van der Waals surface area contributed by atoms with E-state index in [0.717, 1.165) is 12.8 Å². The number of carbonyl (C=O) groups excluding carboxylic acids is 2. The highest BCUT2D eigenvalue weighted by molar-refractivity contribution is 6.02. The Bertz CT molecular complexity index is 358. The summed E-state index contributed by atoms with van der Waals surface area (Å²) in [5, 5.41) is 3.00. The van der Waals surface area contributed by atoms with Gasteiger partial charge in [0, 0.05) is 7.05 Å². The molecular weight excluding hydrogens is 216 g/mol. The van der Waals surface area contributed by atoms with Crippen molar-refractivity contribution in [1.29, 1.82) is 0 Å². The lowest BCUT2D eigenvalue weighted by Gasteiger charge is -2.50. The van der Waals surface area contributed by atoms with Gasteiger partial charge in [0.15, 0.2) is 0 Å². The lowest BCUT2D eigenvalue weighted by molar-refractivity contribution is -0.162. The normalized spacial score (nSPS) is 32.6. The van der Waals surface area contributed by atoms with Crippen LogP contribution in [-0.4, -0.2) is 34.8 Å². The maximum atomic E-state index is 12.5. The van der Waals surface area contributed by atoms with Crippen molar-refractivity contribution in [1.82, 2.24) is 10.2 Å². The first-order valence-corrected chi connectivity index (χ1v) is 6.53. The van der Waals surface area contributed by atoms with Crippen molar-refractivity contribution in [3.05, 3.63) is 0 Å². The molecule has 0 bridgehead atoms. The molecule has 1 heterocycles. The van der Waals surface area contributed by atoms with Crippen molar-refractivity contribution in [2.45, 2.75) is 57.5 Å².